The van der Waals surface area contributed by atoms with E-state index in [1.165, 1.54) is 5.56 Å². The van der Waals surface area contributed by atoms with E-state index < -0.39 is 0 Å². The maximum absolute atomic E-state index is 11.8. The van der Waals surface area contributed by atoms with Crippen molar-refractivity contribution in [3.63, 3.8) is 0 Å². The summed E-state index contributed by atoms with van der Waals surface area (Å²) in [6.07, 6.45) is 0.963. The lowest BCUT2D eigenvalue weighted by Gasteiger charge is -2.33. The molecule has 1 aliphatic heterocycles. The van der Waals surface area contributed by atoms with E-state index in [4.69, 9.17) is 9.47 Å². The van der Waals surface area contributed by atoms with Gasteiger partial charge in [-0.2, -0.15) is 0 Å². The Bertz CT molecular complexity index is 476. The van der Waals surface area contributed by atoms with Gasteiger partial charge in [0.05, 0.1) is 26.4 Å². The van der Waals surface area contributed by atoms with Crippen molar-refractivity contribution in [3.8, 4) is 5.75 Å². The zero-order valence-electron chi connectivity index (χ0n) is 13.0. The van der Waals surface area contributed by atoms with Crippen molar-refractivity contribution >= 4 is 5.91 Å². The number of amides is 1. The Labute approximate surface area is 126 Å². The van der Waals surface area contributed by atoms with Gasteiger partial charge in [0.1, 0.15) is 5.75 Å². The van der Waals surface area contributed by atoms with Gasteiger partial charge in [-0.15, -0.1) is 0 Å². The molecule has 5 heteroatoms. The quantitative estimate of drug-likeness (QED) is 0.813. The highest BCUT2D eigenvalue weighted by molar-refractivity contribution is 5.77. The summed E-state index contributed by atoms with van der Waals surface area (Å²) in [6, 6.07) is 8.04. The molecule has 1 aromatic carbocycles. The lowest BCUT2D eigenvalue weighted by molar-refractivity contribution is -0.131. The molecule has 0 radical (unpaired) electrons. The van der Waals surface area contributed by atoms with E-state index in [9.17, 15) is 4.79 Å². The van der Waals surface area contributed by atoms with Gasteiger partial charge in [-0.3, -0.25) is 9.69 Å². The second-order valence-corrected chi connectivity index (χ2v) is 5.57. The van der Waals surface area contributed by atoms with Gasteiger partial charge in [0, 0.05) is 33.6 Å². The smallest absolute Gasteiger partial charge is 0.236 e. The van der Waals surface area contributed by atoms with Crippen molar-refractivity contribution in [1.82, 2.24) is 9.80 Å². The minimum Gasteiger partial charge on any atom is -0.497 e. The number of likely N-dealkylation sites (N-methyl/N-ethyl adjacent to an activating group) is 1. The maximum Gasteiger partial charge on any atom is 0.236 e. The number of nitrogens with zero attached hydrogens (tertiary/aromatic N) is 2. The minimum atomic E-state index is 0.126. The lowest BCUT2D eigenvalue weighted by atomic mass is 10.1. The van der Waals surface area contributed by atoms with Crippen LogP contribution < -0.4 is 4.74 Å². The zero-order valence-corrected chi connectivity index (χ0v) is 13.0. The van der Waals surface area contributed by atoms with E-state index in [-0.39, 0.29) is 12.0 Å². The molecule has 5 nitrogen and oxygen atoms in total. The van der Waals surface area contributed by atoms with Crippen LogP contribution >= 0.6 is 0 Å². The van der Waals surface area contributed by atoms with Crippen LogP contribution in [0.1, 0.15) is 5.56 Å². The van der Waals surface area contributed by atoms with E-state index in [0.717, 1.165) is 25.3 Å². The van der Waals surface area contributed by atoms with Gasteiger partial charge in [0.15, 0.2) is 0 Å². The van der Waals surface area contributed by atoms with E-state index in [0.29, 0.717) is 13.2 Å². The molecule has 1 fully saturated rings. The zero-order chi connectivity index (χ0) is 15.2. The van der Waals surface area contributed by atoms with Gasteiger partial charge >= 0.3 is 0 Å². The molecule has 0 aromatic heterocycles. The average molecular weight is 292 g/mol. The molecule has 1 atom stereocenters. The SMILES string of the molecule is COc1cccc(CC2CN(CC(=O)N(C)C)CCO2)c1. The van der Waals surface area contributed by atoms with Crippen LogP contribution in [0.2, 0.25) is 0 Å². The molecule has 1 aromatic rings. The van der Waals surface area contributed by atoms with E-state index in [2.05, 4.69) is 11.0 Å². The van der Waals surface area contributed by atoms with Crippen molar-refractivity contribution in [2.24, 2.45) is 0 Å². The average Bonchev–Trinajstić information content (AvgIpc) is 2.47. The van der Waals surface area contributed by atoms with Crippen LogP contribution in [0.3, 0.4) is 0 Å². The Hall–Kier alpha value is -1.59. The first-order valence-corrected chi connectivity index (χ1v) is 7.25. The van der Waals surface area contributed by atoms with E-state index in [1.54, 1.807) is 26.1 Å². The largest absolute Gasteiger partial charge is 0.497 e. The van der Waals surface area contributed by atoms with Crippen LogP contribution in [0.15, 0.2) is 24.3 Å². The summed E-state index contributed by atoms with van der Waals surface area (Å²) >= 11 is 0. The van der Waals surface area contributed by atoms with Crippen LogP contribution in [0.4, 0.5) is 0 Å². The third-order valence-corrected chi connectivity index (χ3v) is 3.68. The topological polar surface area (TPSA) is 42.0 Å². The molecular formula is C16H24N2O3. The molecule has 2 rings (SSSR count). The normalized spacial score (nSPS) is 19.3. The van der Waals surface area contributed by atoms with Crippen LogP contribution in [-0.4, -0.2) is 69.3 Å². The molecule has 0 saturated carbocycles. The summed E-state index contributed by atoms with van der Waals surface area (Å²) in [5, 5.41) is 0. The van der Waals surface area contributed by atoms with Crippen molar-refractivity contribution in [2.45, 2.75) is 12.5 Å². The third kappa shape index (κ3) is 4.72. The molecule has 1 saturated heterocycles. The predicted octanol–water partition coefficient (Wildman–Crippen LogP) is 1.03. The number of morpholine rings is 1. The second kappa shape index (κ2) is 7.43. The summed E-state index contributed by atoms with van der Waals surface area (Å²) in [6.45, 7) is 2.74. The van der Waals surface area contributed by atoms with Gasteiger partial charge in [0.2, 0.25) is 5.91 Å². The fourth-order valence-electron chi connectivity index (χ4n) is 2.44. The number of benzene rings is 1. The van der Waals surface area contributed by atoms with Crippen LogP contribution in [0.25, 0.3) is 0 Å². The Morgan fingerprint density at radius 3 is 3.00 bits per heavy atom. The molecule has 0 N–H and O–H groups in total. The number of carbonyl (C=O) groups is 1. The standard InChI is InChI=1S/C16H24N2O3/c1-17(2)16(19)12-18-7-8-21-15(11-18)10-13-5-4-6-14(9-13)20-3/h4-6,9,15H,7-8,10-12H2,1-3H3. The van der Waals surface area contributed by atoms with Crippen LogP contribution in [-0.2, 0) is 16.0 Å². The number of rotatable bonds is 5. The lowest BCUT2D eigenvalue weighted by Crippen LogP contribution is -2.47. The van der Waals surface area contributed by atoms with Gasteiger partial charge in [0.25, 0.3) is 0 Å². The Kier molecular flexibility index (Phi) is 5.59. The van der Waals surface area contributed by atoms with Crippen molar-refractivity contribution in [1.29, 1.82) is 0 Å². The van der Waals surface area contributed by atoms with Crippen molar-refractivity contribution < 1.29 is 14.3 Å². The highest BCUT2D eigenvalue weighted by atomic mass is 16.5. The second-order valence-electron chi connectivity index (χ2n) is 5.57. The summed E-state index contributed by atoms with van der Waals surface area (Å²) in [7, 11) is 5.25. The van der Waals surface area contributed by atoms with Gasteiger partial charge in [-0.25, -0.2) is 0 Å². The van der Waals surface area contributed by atoms with Crippen molar-refractivity contribution in [3.05, 3.63) is 29.8 Å². The molecule has 0 bridgehead atoms. The van der Waals surface area contributed by atoms with Crippen LogP contribution in [0, 0.1) is 0 Å². The number of ether oxygens (including phenoxy) is 2. The number of hydrogen-bond donors (Lipinski definition) is 0. The van der Waals surface area contributed by atoms with Gasteiger partial charge in [-0.1, -0.05) is 12.1 Å². The molecular weight excluding hydrogens is 268 g/mol. The van der Waals surface area contributed by atoms with Gasteiger partial charge in [-0.05, 0) is 17.7 Å². The Morgan fingerprint density at radius 1 is 1.48 bits per heavy atom. The predicted molar refractivity (Wildman–Crippen MR) is 81.6 cm³/mol. The van der Waals surface area contributed by atoms with Crippen molar-refractivity contribution in [2.75, 3.05) is 47.4 Å². The maximum atomic E-state index is 11.8. The number of hydrogen-bond acceptors (Lipinski definition) is 4. The monoisotopic (exact) mass is 292 g/mol. The molecule has 1 amide bonds. The number of carbonyl (C=O) groups excluding carboxylic acids is 1. The molecule has 0 aliphatic carbocycles. The fourth-order valence-corrected chi connectivity index (χ4v) is 2.44. The molecule has 1 unspecified atom stereocenters. The van der Waals surface area contributed by atoms with E-state index in [1.807, 2.05) is 18.2 Å². The molecule has 1 heterocycles. The molecule has 1 aliphatic rings. The summed E-state index contributed by atoms with van der Waals surface area (Å²) in [4.78, 5) is 15.6. The van der Waals surface area contributed by atoms with Gasteiger partial charge < -0.3 is 14.4 Å². The Morgan fingerprint density at radius 2 is 2.29 bits per heavy atom. The molecule has 21 heavy (non-hydrogen) atoms. The van der Waals surface area contributed by atoms with E-state index >= 15 is 0 Å². The minimum absolute atomic E-state index is 0.126. The summed E-state index contributed by atoms with van der Waals surface area (Å²) < 4.78 is 11.1. The highest BCUT2D eigenvalue weighted by Crippen LogP contribution is 2.17. The summed E-state index contributed by atoms with van der Waals surface area (Å²) in [5.74, 6) is 1.000. The first-order valence-electron chi connectivity index (χ1n) is 7.25. The Balaban J connectivity index is 1.90. The first-order chi connectivity index (χ1) is 10.1. The fraction of sp³-hybridized carbons (Fsp3) is 0.562. The third-order valence-electron chi connectivity index (χ3n) is 3.68. The molecule has 0 spiro atoms. The summed E-state index contributed by atoms with van der Waals surface area (Å²) in [5.41, 5.74) is 1.19. The number of methoxy groups -OCH3 is 1. The highest BCUT2D eigenvalue weighted by Gasteiger charge is 2.22. The van der Waals surface area contributed by atoms with Crippen LogP contribution in [0.5, 0.6) is 5.75 Å². The first kappa shape index (κ1) is 15.8. The molecule has 116 valence electrons.